The lowest BCUT2D eigenvalue weighted by molar-refractivity contribution is 0.1000. The number of aromatic nitrogens is 2. The molecule has 1 fully saturated rings. The summed E-state index contributed by atoms with van der Waals surface area (Å²) in [6.45, 7) is 4.88. The van der Waals surface area contributed by atoms with E-state index in [9.17, 15) is 4.79 Å². The first kappa shape index (κ1) is 25.0. The summed E-state index contributed by atoms with van der Waals surface area (Å²) in [5.41, 5.74) is 2.91. The average molecular weight is 554 g/mol. The predicted molar refractivity (Wildman–Crippen MR) is 149 cm³/mol. The molecule has 196 valence electrons. The molecule has 0 radical (unpaired) electrons. The number of hydrogen-bond donors (Lipinski definition) is 1. The molecule has 3 aliphatic heterocycles. The summed E-state index contributed by atoms with van der Waals surface area (Å²) < 4.78 is 15.3. The Morgan fingerprint density at radius 3 is 2.55 bits per heavy atom. The number of halogens is 3. The molecule has 1 saturated heterocycles. The van der Waals surface area contributed by atoms with Crippen molar-refractivity contribution < 1.29 is 9.18 Å². The largest absolute Gasteiger partial charge is 0.324 e. The summed E-state index contributed by atoms with van der Waals surface area (Å²) in [4.78, 5) is 32.7. The van der Waals surface area contributed by atoms with E-state index in [0.717, 1.165) is 37.1 Å². The molecule has 0 unspecified atom stereocenters. The topological polar surface area (TPSA) is 77.0 Å². The minimum Gasteiger partial charge on any atom is -0.324 e. The van der Waals surface area contributed by atoms with Crippen LogP contribution < -0.4 is 15.1 Å². The Labute approximate surface area is 230 Å². The molecular weight excluding hydrogens is 528 g/mol. The van der Waals surface area contributed by atoms with Crippen molar-refractivity contribution >= 4 is 58.2 Å². The molecule has 0 bridgehead atoms. The highest BCUT2D eigenvalue weighted by atomic mass is 35.5. The van der Waals surface area contributed by atoms with Crippen LogP contribution in [0.2, 0.25) is 10.0 Å². The molecule has 6 rings (SSSR count). The number of benzene rings is 2. The molecule has 0 saturated carbocycles. The molecule has 0 aliphatic carbocycles. The number of nitrogens with one attached hydrogen (secondary N) is 1. The van der Waals surface area contributed by atoms with Gasteiger partial charge in [0.1, 0.15) is 11.4 Å². The maximum atomic E-state index is 15.3. The molecule has 1 amide bonds. The van der Waals surface area contributed by atoms with Gasteiger partial charge in [0.25, 0.3) is 5.91 Å². The Morgan fingerprint density at radius 2 is 1.84 bits per heavy atom. The molecule has 3 aromatic rings. The Morgan fingerprint density at radius 1 is 1.11 bits per heavy atom. The van der Waals surface area contributed by atoms with Gasteiger partial charge in [0, 0.05) is 18.4 Å². The molecule has 8 nitrogen and oxygen atoms in total. The van der Waals surface area contributed by atoms with Crippen LogP contribution in [0.25, 0.3) is 0 Å². The van der Waals surface area contributed by atoms with Gasteiger partial charge in [-0.1, -0.05) is 29.3 Å². The first-order chi connectivity index (χ1) is 18.3. The number of nitrogens with zero attached hydrogens (tertiary/aromatic N) is 6. The fraction of sp³-hybridized carbons (Fsp3) is 0.333. The van der Waals surface area contributed by atoms with Crippen molar-refractivity contribution in [3.05, 3.63) is 69.1 Å². The maximum absolute atomic E-state index is 15.3. The van der Waals surface area contributed by atoms with E-state index in [0.29, 0.717) is 51.9 Å². The SMILES string of the molecule is Cc1cc(Nc2ncc3c(n2)N2CCN=C2N(c2c(Cl)cccc2Cl)C3=O)cc(F)c1C1CCN(C)CC1. The van der Waals surface area contributed by atoms with Crippen LogP contribution in [0.15, 0.2) is 41.5 Å². The van der Waals surface area contributed by atoms with E-state index < -0.39 is 0 Å². The van der Waals surface area contributed by atoms with Crippen LogP contribution in [-0.4, -0.2) is 60.0 Å². The van der Waals surface area contributed by atoms with Gasteiger partial charge >= 0.3 is 0 Å². The number of carbonyl (C=O) groups excluding carboxylic acids is 1. The van der Waals surface area contributed by atoms with Crippen molar-refractivity contribution in [3.63, 3.8) is 0 Å². The van der Waals surface area contributed by atoms with E-state index in [1.165, 1.54) is 17.2 Å². The first-order valence-corrected chi connectivity index (χ1v) is 13.3. The Balaban J connectivity index is 1.31. The van der Waals surface area contributed by atoms with Gasteiger partial charge in [0.05, 0.1) is 22.3 Å². The molecule has 3 aliphatic rings. The minimum absolute atomic E-state index is 0.216. The van der Waals surface area contributed by atoms with Gasteiger partial charge in [-0.15, -0.1) is 0 Å². The molecule has 2 aromatic carbocycles. The zero-order valence-corrected chi connectivity index (χ0v) is 22.5. The van der Waals surface area contributed by atoms with Crippen LogP contribution in [0.1, 0.15) is 40.2 Å². The number of guanidine groups is 1. The number of amides is 1. The Bertz CT molecular complexity index is 1430. The second-order valence-corrected chi connectivity index (χ2v) is 10.7. The lowest BCUT2D eigenvalue weighted by atomic mass is 9.86. The molecule has 0 atom stereocenters. The Kier molecular flexibility index (Phi) is 6.45. The third-order valence-corrected chi connectivity index (χ3v) is 7.97. The molecule has 4 heterocycles. The number of rotatable bonds is 4. The van der Waals surface area contributed by atoms with E-state index in [4.69, 9.17) is 23.2 Å². The summed E-state index contributed by atoms with van der Waals surface area (Å²) in [5, 5.41) is 3.80. The third kappa shape index (κ3) is 4.28. The fourth-order valence-corrected chi connectivity index (χ4v) is 6.07. The second kappa shape index (κ2) is 9.80. The normalized spacial score (nSPS) is 17.9. The Hall–Kier alpha value is -3.27. The number of aryl methyl sites for hydroxylation is 1. The van der Waals surface area contributed by atoms with Gasteiger partial charge in [0.2, 0.25) is 11.9 Å². The van der Waals surface area contributed by atoms with Crippen molar-refractivity contribution in [2.45, 2.75) is 25.7 Å². The van der Waals surface area contributed by atoms with Crippen molar-refractivity contribution in [2.24, 2.45) is 4.99 Å². The van der Waals surface area contributed by atoms with Crippen molar-refractivity contribution in [2.75, 3.05) is 48.3 Å². The zero-order chi connectivity index (χ0) is 26.6. The summed E-state index contributed by atoms with van der Waals surface area (Å²) in [5.74, 6) is 0.723. The van der Waals surface area contributed by atoms with Crippen LogP contribution in [0, 0.1) is 12.7 Å². The number of hydrogen-bond acceptors (Lipinski definition) is 7. The highest BCUT2D eigenvalue weighted by Crippen LogP contribution is 2.40. The van der Waals surface area contributed by atoms with Crippen LogP contribution in [0.4, 0.5) is 27.5 Å². The lowest BCUT2D eigenvalue weighted by Crippen LogP contribution is -2.51. The van der Waals surface area contributed by atoms with Crippen LogP contribution in [0.3, 0.4) is 0 Å². The van der Waals surface area contributed by atoms with E-state index in [1.807, 2.05) is 17.9 Å². The van der Waals surface area contributed by atoms with Crippen molar-refractivity contribution in [1.82, 2.24) is 14.9 Å². The second-order valence-electron chi connectivity index (χ2n) is 9.87. The van der Waals surface area contributed by atoms with Gasteiger partial charge in [0.15, 0.2) is 5.82 Å². The van der Waals surface area contributed by atoms with E-state index in [-0.39, 0.29) is 23.6 Å². The van der Waals surface area contributed by atoms with Gasteiger partial charge in [-0.25, -0.2) is 14.3 Å². The van der Waals surface area contributed by atoms with Crippen molar-refractivity contribution in [1.29, 1.82) is 0 Å². The molecule has 1 N–H and O–H groups in total. The van der Waals surface area contributed by atoms with Gasteiger partial charge < -0.3 is 10.2 Å². The smallest absolute Gasteiger partial charge is 0.270 e. The number of carbonyl (C=O) groups is 1. The minimum atomic E-state index is -0.372. The highest BCUT2D eigenvalue weighted by Gasteiger charge is 2.41. The summed E-state index contributed by atoms with van der Waals surface area (Å²) in [7, 11) is 2.10. The molecule has 0 spiro atoms. The summed E-state index contributed by atoms with van der Waals surface area (Å²) in [6.07, 6.45) is 3.36. The van der Waals surface area contributed by atoms with E-state index in [2.05, 4.69) is 32.2 Å². The fourth-order valence-electron chi connectivity index (χ4n) is 5.50. The van der Waals surface area contributed by atoms with Crippen LogP contribution >= 0.6 is 23.2 Å². The van der Waals surface area contributed by atoms with Gasteiger partial charge in [-0.2, -0.15) is 4.98 Å². The number of fused-ring (bicyclic) bond motifs is 3. The monoisotopic (exact) mass is 553 g/mol. The van der Waals surface area contributed by atoms with E-state index in [1.54, 1.807) is 18.2 Å². The van der Waals surface area contributed by atoms with E-state index >= 15 is 4.39 Å². The lowest BCUT2D eigenvalue weighted by Gasteiger charge is -2.35. The number of piperidine rings is 1. The number of aliphatic imine (C=N–C) groups is 1. The predicted octanol–water partition coefficient (Wildman–Crippen LogP) is 5.62. The molecule has 38 heavy (non-hydrogen) atoms. The summed E-state index contributed by atoms with van der Waals surface area (Å²) in [6, 6.07) is 8.49. The highest BCUT2D eigenvalue weighted by molar-refractivity contribution is 6.43. The van der Waals surface area contributed by atoms with Crippen LogP contribution in [0.5, 0.6) is 0 Å². The number of likely N-dealkylation sites (tertiary alicyclic amines) is 1. The molecule has 11 heteroatoms. The third-order valence-electron chi connectivity index (χ3n) is 7.36. The van der Waals surface area contributed by atoms with Gasteiger partial charge in [-0.05, 0) is 81.2 Å². The standard InChI is InChI=1S/C27H26Cl2FN7O/c1-15-12-17(13-21(30)22(15)16-6-9-35(2)10-7-16)33-26-32-14-18-24(34-26)36-11-8-31-27(36)37(25(18)38)23-19(28)4-3-5-20(23)29/h3-5,12-14,16H,6-11H2,1-2H3,(H,32,33,34). The average Bonchev–Trinajstić information content (AvgIpc) is 3.36. The maximum Gasteiger partial charge on any atom is 0.270 e. The first-order valence-electron chi connectivity index (χ1n) is 12.5. The van der Waals surface area contributed by atoms with Crippen molar-refractivity contribution in [3.8, 4) is 0 Å². The number of para-hydroxylation sites is 1. The molecular formula is C27H26Cl2FN7O. The summed E-state index contributed by atoms with van der Waals surface area (Å²) >= 11 is 12.9. The van der Waals surface area contributed by atoms with Crippen LogP contribution in [-0.2, 0) is 0 Å². The number of anilines is 4. The van der Waals surface area contributed by atoms with Gasteiger partial charge in [-0.3, -0.25) is 14.7 Å². The molecule has 1 aromatic heterocycles. The quantitative estimate of drug-likeness (QED) is 0.451. The zero-order valence-electron chi connectivity index (χ0n) is 21.0.